The molecule has 0 aliphatic heterocycles. The van der Waals surface area contributed by atoms with Crippen molar-refractivity contribution in [1.29, 1.82) is 0 Å². The number of carbonyl (C=O) groups excluding carboxylic acids is 1. The van der Waals surface area contributed by atoms with Crippen molar-refractivity contribution in [2.24, 2.45) is 23.5 Å². The second-order valence-electron chi connectivity index (χ2n) is 5.45. The summed E-state index contributed by atoms with van der Waals surface area (Å²) in [5.41, 5.74) is 5.71. The number of hydrogen-bond acceptors (Lipinski definition) is 3. The van der Waals surface area contributed by atoms with E-state index >= 15 is 0 Å². The van der Waals surface area contributed by atoms with Crippen LogP contribution in [0.2, 0.25) is 0 Å². The lowest BCUT2D eigenvalue weighted by atomic mass is 9.97. The van der Waals surface area contributed by atoms with Gasteiger partial charge in [0.1, 0.15) is 6.61 Å². The van der Waals surface area contributed by atoms with Gasteiger partial charge in [-0.1, -0.05) is 6.42 Å². The van der Waals surface area contributed by atoms with Gasteiger partial charge in [-0.05, 0) is 50.0 Å². The SMILES string of the molecule is NCC1CCCC1COCC(=O)NCC1CC1. The van der Waals surface area contributed by atoms with Gasteiger partial charge in [-0.3, -0.25) is 4.79 Å². The molecule has 2 fully saturated rings. The van der Waals surface area contributed by atoms with Crippen molar-refractivity contribution in [3.05, 3.63) is 0 Å². The van der Waals surface area contributed by atoms with E-state index in [1.807, 2.05) is 0 Å². The molecule has 0 saturated heterocycles. The summed E-state index contributed by atoms with van der Waals surface area (Å²) in [4.78, 5) is 11.4. The molecule has 2 aliphatic carbocycles. The topological polar surface area (TPSA) is 64.3 Å². The average molecular weight is 240 g/mol. The van der Waals surface area contributed by atoms with Crippen LogP contribution in [0.4, 0.5) is 0 Å². The van der Waals surface area contributed by atoms with Gasteiger partial charge >= 0.3 is 0 Å². The zero-order valence-corrected chi connectivity index (χ0v) is 10.5. The molecule has 0 aromatic heterocycles. The molecule has 0 aromatic carbocycles. The number of rotatable bonds is 7. The van der Waals surface area contributed by atoms with E-state index in [4.69, 9.17) is 10.5 Å². The third-order valence-electron chi connectivity index (χ3n) is 3.97. The van der Waals surface area contributed by atoms with E-state index in [1.165, 1.54) is 32.1 Å². The molecular weight excluding hydrogens is 216 g/mol. The summed E-state index contributed by atoms with van der Waals surface area (Å²) in [5.74, 6) is 1.93. The highest BCUT2D eigenvalue weighted by Gasteiger charge is 2.26. The first-order valence-corrected chi connectivity index (χ1v) is 6.84. The quantitative estimate of drug-likeness (QED) is 0.695. The lowest BCUT2D eigenvalue weighted by Crippen LogP contribution is -2.31. The van der Waals surface area contributed by atoms with Gasteiger partial charge in [0, 0.05) is 6.54 Å². The first-order valence-electron chi connectivity index (χ1n) is 6.84. The maximum absolute atomic E-state index is 11.4. The molecule has 4 heteroatoms. The largest absolute Gasteiger partial charge is 0.371 e. The summed E-state index contributed by atoms with van der Waals surface area (Å²) < 4.78 is 5.50. The van der Waals surface area contributed by atoms with Crippen molar-refractivity contribution < 1.29 is 9.53 Å². The maximum Gasteiger partial charge on any atom is 0.246 e. The van der Waals surface area contributed by atoms with Gasteiger partial charge in [-0.25, -0.2) is 0 Å². The van der Waals surface area contributed by atoms with E-state index < -0.39 is 0 Å². The van der Waals surface area contributed by atoms with Crippen LogP contribution >= 0.6 is 0 Å². The fourth-order valence-electron chi connectivity index (χ4n) is 2.58. The van der Waals surface area contributed by atoms with E-state index in [-0.39, 0.29) is 12.5 Å². The lowest BCUT2D eigenvalue weighted by molar-refractivity contribution is -0.126. The molecule has 0 spiro atoms. The van der Waals surface area contributed by atoms with E-state index in [1.54, 1.807) is 0 Å². The van der Waals surface area contributed by atoms with E-state index in [2.05, 4.69) is 5.32 Å². The molecule has 1 amide bonds. The Labute approximate surface area is 103 Å². The van der Waals surface area contributed by atoms with E-state index in [0.717, 1.165) is 19.0 Å². The van der Waals surface area contributed by atoms with Crippen molar-refractivity contribution in [1.82, 2.24) is 5.32 Å². The highest BCUT2D eigenvalue weighted by molar-refractivity contribution is 5.77. The number of nitrogens with one attached hydrogen (secondary N) is 1. The van der Waals surface area contributed by atoms with E-state index in [9.17, 15) is 4.79 Å². The van der Waals surface area contributed by atoms with Crippen LogP contribution in [0.1, 0.15) is 32.1 Å². The number of carbonyl (C=O) groups is 1. The van der Waals surface area contributed by atoms with Crippen LogP contribution in [-0.4, -0.2) is 32.2 Å². The Morgan fingerprint density at radius 2 is 2.00 bits per heavy atom. The summed E-state index contributed by atoms with van der Waals surface area (Å²) in [7, 11) is 0. The third-order valence-corrected chi connectivity index (χ3v) is 3.97. The Morgan fingerprint density at radius 3 is 2.71 bits per heavy atom. The first-order chi connectivity index (χ1) is 8.29. The highest BCUT2D eigenvalue weighted by Crippen LogP contribution is 2.31. The van der Waals surface area contributed by atoms with Gasteiger partial charge in [-0.15, -0.1) is 0 Å². The molecule has 17 heavy (non-hydrogen) atoms. The molecule has 2 atom stereocenters. The van der Waals surface area contributed by atoms with Gasteiger partial charge in [0.15, 0.2) is 0 Å². The Morgan fingerprint density at radius 1 is 1.24 bits per heavy atom. The van der Waals surface area contributed by atoms with Crippen LogP contribution in [0.3, 0.4) is 0 Å². The minimum atomic E-state index is 0.0270. The summed E-state index contributed by atoms with van der Waals surface area (Å²) in [6.07, 6.45) is 6.20. The van der Waals surface area contributed by atoms with Crippen molar-refractivity contribution in [3.8, 4) is 0 Å². The molecule has 2 rings (SSSR count). The predicted molar refractivity (Wildman–Crippen MR) is 66.4 cm³/mol. The first kappa shape index (κ1) is 12.8. The van der Waals surface area contributed by atoms with Gasteiger partial charge in [0.25, 0.3) is 0 Å². The second kappa shape index (κ2) is 6.36. The summed E-state index contributed by atoms with van der Waals surface area (Å²) in [6.45, 7) is 2.48. The van der Waals surface area contributed by atoms with Crippen LogP contribution in [0.15, 0.2) is 0 Å². The molecule has 3 N–H and O–H groups in total. The zero-order valence-electron chi connectivity index (χ0n) is 10.5. The third kappa shape index (κ3) is 4.28. The number of nitrogens with two attached hydrogens (primary N) is 1. The normalized spacial score (nSPS) is 28.3. The molecule has 4 nitrogen and oxygen atoms in total. The molecule has 98 valence electrons. The zero-order chi connectivity index (χ0) is 12.1. The Hall–Kier alpha value is -0.610. The fraction of sp³-hybridized carbons (Fsp3) is 0.923. The van der Waals surface area contributed by atoms with Crippen LogP contribution in [0.5, 0.6) is 0 Å². The maximum atomic E-state index is 11.4. The van der Waals surface area contributed by atoms with Crippen molar-refractivity contribution in [2.75, 3.05) is 26.3 Å². The molecule has 2 aliphatic rings. The fourth-order valence-corrected chi connectivity index (χ4v) is 2.58. The standard InChI is InChI=1S/C13H24N2O2/c14-6-11-2-1-3-12(11)8-17-9-13(16)15-7-10-4-5-10/h10-12H,1-9,14H2,(H,15,16). The number of amides is 1. The summed E-state index contributed by atoms with van der Waals surface area (Å²) in [6, 6.07) is 0. The smallest absolute Gasteiger partial charge is 0.246 e. The van der Waals surface area contributed by atoms with Gasteiger partial charge in [0.2, 0.25) is 5.91 Å². The minimum Gasteiger partial charge on any atom is -0.371 e. The van der Waals surface area contributed by atoms with Gasteiger partial charge in [-0.2, -0.15) is 0 Å². The summed E-state index contributed by atoms with van der Waals surface area (Å²) in [5, 5.41) is 2.91. The Balaban J connectivity index is 1.53. The predicted octanol–water partition coefficient (Wildman–Crippen LogP) is 0.904. The van der Waals surface area contributed by atoms with Gasteiger partial charge in [0.05, 0.1) is 6.61 Å². The van der Waals surface area contributed by atoms with Crippen LogP contribution in [0, 0.1) is 17.8 Å². The average Bonchev–Trinajstić information content (AvgIpc) is 3.05. The van der Waals surface area contributed by atoms with Crippen molar-refractivity contribution >= 4 is 5.91 Å². The van der Waals surface area contributed by atoms with Crippen molar-refractivity contribution in [3.63, 3.8) is 0 Å². The molecule has 2 unspecified atom stereocenters. The molecule has 0 aromatic rings. The number of hydrogen-bond donors (Lipinski definition) is 2. The van der Waals surface area contributed by atoms with Gasteiger partial charge < -0.3 is 15.8 Å². The molecule has 0 radical (unpaired) electrons. The molecule has 2 saturated carbocycles. The van der Waals surface area contributed by atoms with Crippen LogP contribution in [-0.2, 0) is 9.53 Å². The highest BCUT2D eigenvalue weighted by atomic mass is 16.5. The lowest BCUT2D eigenvalue weighted by Gasteiger charge is -2.17. The second-order valence-corrected chi connectivity index (χ2v) is 5.45. The van der Waals surface area contributed by atoms with Crippen LogP contribution < -0.4 is 11.1 Å². The van der Waals surface area contributed by atoms with Crippen LogP contribution in [0.25, 0.3) is 0 Å². The molecule has 0 bridgehead atoms. The summed E-state index contributed by atoms with van der Waals surface area (Å²) >= 11 is 0. The van der Waals surface area contributed by atoms with E-state index in [0.29, 0.717) is 18.4 Å². The minimum absolute atomic E-state index is 0.0270. The molecular formula is C13H24N2O2. The Bertz CT molecular complexity index is 254. The number of ether oxygens (including phenoxy) is 1. The Kier molecular flexibility index (Phi) is 4.80. The monoisotopic (exact) mass is 240 g/mol. The molecule has 0 heterocycles. The van der Waals surface area contributed by atoms with Crippen molar-refractivity contribution in [2.45, 2.75) is 32.1 Å².